The minimum atomic E-state index is -0.567. The summed E-state index contributed by atoms with van der Waals surface area (Å²) in [5.41, 5.74) is 1.30. The second-order valence-electron chi connectivity index (χ2n) is 4.37. The van der Waals surface area contributed by atoms with Crippen molar-refractivity contribution in [1.29, 1.82) is 0 Å². The van der Waals surface area contributed by atoms with Crippen LogP contribution in [0.3, 0.4) is 0 Å². The Morgan fingerprint density at radius 2 is 2.29 bits per heavy atom. The van der Waals surface area contributed by atoms with Gasteiger partial charge in [-0.05, 0) is 23.8 Å². The second-order valence-corrected chi connectivity index (χ2v) is 4.37. The fourth-order valence-electron chi connectivity index (χ4n) is 2.50. The van der Waals surface area contributed by atoms with Crippen molar-refractivity contribution < 1.29 is 9.53 Å². The first kappa shape index (κ1) is 10.4. The molecule has 88 valence electrons. The van der Waals surface area contributed by atoms with Gasteiger partial charge >= 0.3 is 0 Å². The van der Waals surface area contributed by atoms with Crippen LogP contribution in [-0.4, -0.2) is 26.1 Å². The van der Waals surface area contributed by atoms with E-state index in [2.05, 4.69) is 10.6 Å². The first-order chi connectivity index (χ1) is 8.26. The lowest BCUT2D eigenvalue weighted by atomic mass is 9.79. The first-order valence-electron chi connectivity index (χ1n) is 5.65. The molecule has 0 radical (unpaired) electrons. The molecule has 2 aliphatic rings. The topological polar surface area (TPSA) is 50.4 Å². The third kappa shape index (κ3) is 1.37. The van der Waals surface area contributed by atoms with E-state index in [9.17, 15) is 4.79 Å². The molecular weight excluding hydrogens is 216 g/mol. The summed E-state index contributed by atoms with van der Waals surface area (Å²) in [5, 5.41) is 6.16. The Bertz CT molecular complexity index is 510. The molecule has 0 aliphatic carbocycles. The lowest BCUT2D eigenvalue weighted by Crippen LogP contribution is -2.45. The van der Waals surface area contributed by atoms with Crippen molar-refractivity contribution in [2.45, 2.75) is 5.41 Å². The highest BCUT2D eigenvalue weighted by atomic mass is 16.5. The smallest absolute Gasteiger partial charge is 0.240 e. The van der Waals surface area contributed by atoms with Crippen molar-refractivity contribution in [2.75, 3.05) is 25.5 Å². The van der Waals surface area contributed by atoms with Crippen molar-refractivity contribution in [3.8, 4) is 5.75 Å². The molecule has 1 amide bonds. The number of amides is 1. The Morgan fingerprint density at radius 3 is 3.00 bits per heavy atom. The van der Waals surface area contributed by atoms with Crippen LogP contribution in [0, 0.1) is 0 Å². The number of ether oxygens (including phenoxy) is 1. The monoisotopic (exact) mass is 230 g/mol. The molecule has 2 heterocycles. The zero-order chi connectivity index (χ0) is 11.9. The van der Waals surface area contributed by atoms with E-state index in [0.29, 0.717) is 6.54 Å². The summed E-state index contributed by atoms with van der Waals surface area (Å²) in [5.74, 6) is 0.808. The number of anilines is 1. The van der Waals surface area contributed by atoms with Crippen LogP contribution in [0.2, 0.25) is 0 Å². The van der Waals surface area contributed by atoms with Gasteiger partial charge in [0.15, 0.2) is 0 Å². The van der Waals surface area contributed by atoms with Gasteiger partial charge in [0.25, 0.3) is 0 Å². The van der Waals surface area contributed by atoms with Crippen LogP contribution in [0.25, 0.3) is 0 Å². The summed E-state index contributed by atoms with van der Waals surface area (Å²) in [6.45, 7) is 1.45. The maximum absolute atomic E-state index is 12.2. The maximum atomic E-state index is 12.2. The first-order valence-corrected chi connectivity index (χ1v) is 5.65. The van der Waals surface area contributed by atoms with Crippen LogP contribution < -0.4 is 15.4 Å². The van der Waals surface area contributed by atoms with Gasteiger partial charge in [-0.2, -0.15) is 0 Å². The fraction of sp³-hybridized carbons (Fsp3) is 0.308. The SMILES string of the molecule is COc1ccc2c(c1)[C@]1(C=CCNC1)C(=O)N2. The van der Waals surface area contributed by atoms with Crippen molar-refractivity contribution in [1.82, 2.24) is 5.32 Å². The minimum Gasteiger partial charge on any atom is -0.497 e. The van der Waals surface area contributed by atoms with Gasteiger partial charge in [-0.1, -0.05) is 12.2 Å². The highest BCUT2D eigenvalue weighted by molar-refractivity contribution is 6.08. The third-order valence-electron chi connectivity index (χ3n) is 3.43. The van der Waals surface area contributed by atoms with Gasteiger partial charge in [0.1, 0.15) is 11.2 Å². The van der Waals surface area contributed by atoms with Crippen molar-refractivity contribution in [3.63, 3.8) is 0 Å². The fourth-order valence-corrected chi connectivity index (χ4v) is 2.50. The van der Waals surface area contributed by atoms with Crippen molar-refractivity contribution in [2.24, 2.45) is 0 Å². The van der Waals surface area contributed by atoms with E-state index >= 15 is 0 Å². The highest BCUT2D eigenvalue weighted by Gasteiger charge is 2.45. The standard InChI is InChI=1S/C13H14N2O2/c1-17-9-3-4-11-10(7-9)13(12(16)15-11)5-2-6-14-8-13/h2-5,7,14H,6,8H2,1H3,(H,15,16)/t13-/m1/s1. The Labute approximate surface area is 99.7 Å². The summed E-state index contributed by atoms with van der Waals surface area (Å²) < 4.78 is 5.23. The summed E-state index contributed by atoms with van der Waals surface area (Å²) in [4.78, 5) is 12.2. The number of rotatable bonds is 1. The Kier molecular flexibility index (Phi) is 2.19. The van der Waals surface area contributed by atoms with Crippen LogP contribution >= 0.6 is 0 Å². The lowest BCUT2D eigenvalue weighted by molar-refractivity contribution is -0.119. The van der Waals surface area contributed by atoms with Crippen LogP contribution in [0.5, 0.6) is 5.75 Å². The van der Waals surface area contributed by atoms with Crippen LogP contribution in [0.4, 0.5) is 5.69 Å². The minimum absolute atomic E-state index is 0.0317. The predicted octanol–water partition coefficient (Wildman–Crippen LogP) is 1.04. The average Bonchev–Trinajstić information content (AvgIpc) is 2.63. The Balaban J connectivity index is 2.17. The molecule has 4 nitrogen and oxygen atoms in total. The van der Waals surface area contributed by atoms with Gasteiger partial charge in [-0.25, -0.2) is 0 Å². The second kappa shape index (κ2) is 3.60. The van der Waals surface area contributed by atoms with Gasteiger partial charge in [-0.3, -0.25) is 4.79 Å². The molecule has 0 saturated heterocycles. The molecule has 0 aromatic heterocycles. The molecule has 0 bridgehead atoms. The van der Waals surface area contributed by atoms with Gasteiger partial charge < -0.3 is 15.4 Å². The number of benzene rings is 1. The van der Waals surface area contributed by atoms with E-state index in [1.54, 1.807) is 7.11 Å². The van der Waals surface area contributed by atoms with Gasteiger partial charge in [0.05, 0.1) is 7.11 Å². The molecule has 0 fully saturated rings. The molecule has 3 rings (SSSR count). The zero-order valence-electron chi connectivity index (χ0n) is 9.62. The summed E-state index contributed by atoms with van der Waals surface area (Å²) >= 11 is 0. The molecule has 17 heavy (non-hydrogen) atoms. The molecule has 1 atom stereocenters. The molecule has 4 heteroatoms. The number of carbonyl (C=O) groups excluding carboxylic acids is 1. The largest absolute Gasteiger partial charge is 0.497 e. The molecule has 1 aromatic carbocycles. The maximum Gasteiger partial charge on any atom is 0.240 e. The lowest BCUT2D eigenvalue weighted by Gasteiger charge is -2.27. The van der Waals surface area contributed by atoms with E-state index in [1.165, 1.54) is 0 Å². The van der Waals surface area contributed by atoms with Crippen LogP contribution in [0.1, 0.15) is 5.56 Å². The van der Waals surface area contributed by atoms with E-state index in [-0.39, 0.29) is 5.91 Å². The molecule has 1 spiro atoms. The summed E-state index contributed by atoms with van der Waals surface area (Å²) in [6.07, 6.45) is 3.99. The third-order valence-corrected chi connectivity index (χ3v) is 3.43. The van der Waals surface area contributed by atoms with Crippen molar-refractivity contribution >= 4 is 11.6 Å². The highest BCUT2D eigenvalue weighted by Crippen LogP contribution is 2.41. The predicted molar refractivity (Wildman–Crippen MR) is 65.3 cm³/mol. The molecular formula is C13H14N2O2. The molecule has 1 aromatic rings. The molecule has 2 aliphatic heterocycles. The Hall–Kier alpha value is -1.81. The normalized spacial score (nSPS) is 25.8. The average molecular weight is 230 g/mol. The van der Waals surface area contributed by atoms with E-state index in [0.717, 1.165) is 23.5 Å². The number of hydrogen-bond donors (Lipinski definition) is 2. The number of nitrogens with one attached hydrogen (secondary N) is 2. The zero-order valence-corrected chi connectivity index (χ0v) is 9.62. The van der Waals surface area contributed by atoms with E-state index in [4.69, 9.17) is 4.74 Å². The quantitative estimate of drug-likeness (QED) is 0.709. The molecule has 0 unspecified atom stereocenters. The number of methoxy groups -OCH3 is 1. The van der Waals surface area contributed by atoms with E-state index in [1.807, 2.05) is 30.4 Å². The summed E-state index contributed by atoms with van der Waals surface area (Å²) in [7, 11) is 1.63. The van der Waals surface area contributed by atoms with Gasteiger partial charge in [-0.15, -0.1) is 0 Å². The van der Waals surface area contributed by atoms with Gasteiger partial charge in [0.2, 0.25) is 5.91 Å². The molecule has 0 saturated carbocycles. The van der Waals surface area contributed by atoms with Gasteiger partial charge in [0, 0.05) is 18.8 Å². The van der Waals surface area contributed by atoms with Crippen LogP contribution in [0.15, 0.2) is 30.4 Å². The summed E-state index contributed by atoms with van der Waals surface area (Å²) in [6, 6.07) is 5.69. The Morgan fingerprint density at radius 1 is 1.41 bits per heavy atom. The van der Waals surface area contributed by atoms with E-state index < -0.39 is 5.41 Å². The molecule has 2 N–H and O–H groups in total. The number of hydrogen-bond acceptors (Lipinski definition) is 3. The number of fused-ring (bicyclic) bond motifs is 2. The number of carbonyl (C=O) groups is 1. The van der Waals surface area contributed by atoms with Crippen LogP contribution in [-0.2, 0) is 10.2 Å². The van der Waals surface area contributed by atoms with Crippen molar-refractivity contribution in [3.05, 3.63) is 35.9 Å².